The molecule has 0 amide bonds. The van der Waals surface area contributed by atoms with Crippen LogP contribution in [0.1, 0.15) is 0 Å². The van der Waals surface area contributed by atoms with Crippen molar-refractivity contribution in [3.05, 3.63) is 188 Å². The lowest BCUT2D eigenvalue weighted by Crippen LogP contribution is -2.10. The summed E-state index contributed by atoms with van der Waals surface area (Å²) in [6, 6.07) is 68.0. The first-order chi connectivity index (χ1) is 26.3. The van der Waals surface area contributed by atoms with E-state index in [1.54, 1.807) is 0 Å². The molecule has 2 heterocycles. The molecular formula is C50H31NOS. The highest BCUT2D eigenvalue weighted by molar-refractivity contribution is 7.27. The number of rotatable bonds is 5. The van der Waals surface area contributed by atoms with Gasteiger partial charge in [0.05, 0.1) is 16.1 Å². The van der Waals surface area contributed by atoms with Crippen molar-refractivity contribution in [1.29, 1.82) is 0 Å². The van der Waals surface area contributed by atoms with E-state index in [1.807, 2.05) is 23.5 Å². The standard InChI is InChI=1S/C50H31NOS/c1-2-12-33(13-3-1)40-19-9-20-41-42-21-10-23-45(50(42)53-49(40)41)51(44-22-8-15-32-14-4-5-16-38(32)44)37-29-28-34-30-36(27-26-35(34)31-37)39-18-11-25-47-48(39)43-17-6-7-24-46(43)52-47/h1-31H. The van der Waals surface area contributed by atoms with Crippen molar-refractivity contribution in [3.63, 3.8) is 0 Å². The number of nitrogens with zero attached hydrogens (tertiary/aromatic N) is 1. The van der Waals surface area contributed by atoms with E-state index in [0.29, 0.717) is 0 Å². The minimum Gasteiger partial charge on any atom is -0.456 e. The molecular weight excluding hydrogens is 663 g/mol. The van der Waals surface area contributed by atoms with Crippen LogP contribution in [0, 0.1) is 0 Å². The number of furan rings is 1. The fourth-order valence-electron chi connectivity index (χ4n) is 8.19. The highest BCUT2D eigenvalue weighted by atomic mass is 32.1. The Morgan fingerprint density at radius 2 is 1.02 bits per heavy atom. The number of fused-ring (bicyclic) bond motifs is 8. The Hall–Kier alpha value is -6.68. The quantitative estimate of drug-likeness (QED) is 0.178. The Morgan fingerprint density at radius 3 is 1.94 bits per heavy atom. The number of benzene rings is 9. The zero-order valence-corrected chi connectivity index (χ0v) is 29.5. The van der Waals surface area contributed by atoms with Gasteiger partial charge in [-0.2, -0.15) is 0 Å². The van der Waals surface area contributed by atoms with Crippen LogP contribution in [0.4, 0.5) is 17.1 Å². The number of para-hydroxylation sites is 1. The molecule has 0 saturated heterocycles. The van der Waals surface area contributed by atoms with Gasteiger partial charge in [-0.3, -0.25) is 0 Å². The summed E-state index contributed by atoms with van der Waals surface area (Å²) in [5.74, 6) is 0. The second kappa shape index (κ2) is 11.9. The van der Waals surface area contributed by atoms with E-state index in [1.165, 1.54) is 69.7 Å². The largest absolute Gasteiger partial charge is 0.456 e. The summed E-state index contributed by atoms with van der Waals surface area (Å²) < 4.78 is 8.82. The number of hydrogen-bond acceptors (Lipinski definition) is 3. The first-order valence-corrected chi connectivity index (χ1v) is 18.8. The van der Waals surface area contributed by atoms with Crippen LogP contribution < -0.4 is 4.90 Å². The van der Waals surface area contributed by atoms with Gasteiger partial charge in [0.25, 0.3) is 0 Å². The molecule has 53 heavy (non-hydrogen) atoms. The normalized spacial score (nSPS) is 11.8. The van der Waals surface area contributed by atoms with Crippen LogP contribution in [0.3, 0.4) is 0 Å². The fraction of sp³-hybridized carbons (Fsp3) is 0. The molecule has 0 fully saturated rings. The molecule has 0 atom stereocenters. The Balaban J connectivity index is 1.11. The lowest BCUT2D eigenvalue weighted by Gasteiger charge is -2.27. The van der Waals surface area contributed by atoms with Crippen molar-refractivity contribution in [2.75, 3.05) is 4.90 Å². The molecule has 11 rings (SSSR count). The van der Waals surface area contributed by atoms with E-state index in [-0.39, 0.29) is 0 Å². The van der Waals surface area contributed by atoms with E-state index >= 15 is 0 Å². The van der Waals surface area contributed by atoms with Gasteiger partial charge in [-0.25, -0.2) is 0 Å². The summed E-state index contributed by atoms with van der Waals surface area (Å²) in [6.07, 6.45) is 0. The van der Waals surface area contributed by atoms with Gasteiger partial charge in [-0.05, 0) is 80.9 Å². The third-order valence-electron chi connectivity index (χ3n) is 10.6. The lowest BCUT2D eigenvalue weighted by molar-refractivity contribution is 0.669. The lowest BCUT2D eigenvalue weighted by atomic mass is 9.96. The summed E-state index contributed by atoms with van der Waals surface area (Å²) >= 11 is 1.89. The van der Waals surface area contributed by atoms with Crippen molar-refractivity contribution in [1.82, 2.24) is 0 Å². The smallest absolute Gasteiger partial charge is 0.136 e. The molecule has 0 aliphatic heterocycles. The molecule has 0 N–H and O–H groups in total. The third kappa shape index (κ3) is 4.78. The molecule has 2 aromatic heterocycles. The monoisotopic (exact) mass is 693 g/mol. The van der Waals surface area contributed by atoms with Crippen LogP contribution in [-0.4, -0.2) is 0 Å². The topological polar surface area (TPSA) is 16.4 Å². The highest BCUT2D eigenvalue weighted by Gasteiger charge is 2.21. The zero-order chi connectivity index (χ0) is 34.9. The fourth-order valence-corrected chi connectivity index (χ4v) is 9.53. The van der Waals surface area contributed by atoms with Crippen LogP contribution >= 0.6 is 11.3 Å². The maximum atomic E-state index is 6.23. The first-order valence-electron chi connectivity index (χ1n) is 18.0. The van der Waals surface area contributed by atoms with Crippen molar-refractivity contribution in [2.45, 2.75) is 0 Å². The van der Waals surface area contributed by atoms with E-state index in [4.69, 9.17) is 4.42 Å². The molecule has 11 aromatic rings. The minimum absolute atomic E-state index is 0.913. The maximum absolute atomic E-state index is 6.23. The number of hydrogen-bond donors (Lipinski definition) is 0. The molecule has 0 aliphatic rings. The minimum atomic E-state index is 0.913. The van der Waals surface area contributed by atoms with Gasteiger partial charge in [-0.1, -0.05) is 146 Å². The average Bonchev–Trinajstić information content (AvgIpc) is 3.80. The van der Waals surface area contributed by atoms with Crippen molar-refractivity contribution >= 4 is 92.1 Å². The SMILES string of the molecule is c1ccc(-c2cccc3c2sc2c(N(c4ccc5cc(-c6cccc7oc8ccccc8c67)ccc5c4)c4cccc5ccccc45)cccc23)cc1. The van der Waals surface area contributed by atoms with E-state index in [0.717, 1.165) is 33.3 Å². The summed E-state index contributed by atoms with van der Waals surface area (Å²) in [5.41, 5.74) is 10.2. The molecule has 2 nitrogen and oxygen atoms in total. The number of thiophene rings is 1. The van der Waals surface area contributed by atoms with Gasteiger partial charge >= 0.3 is 0 Å². The Morgan fingerprint density at radius 1 is 0.377 bits per heavy atom. The molecule has 0 aliphatic carbocycles. The summed E-state index contributed by atoms with van der Waals surface area (Å²) in [4.78, 5) is 2.47. The Bertz CT molecular complexity index is 3180. The van der Waals surface area contributed by atoms with Crippen molar-refractivity contribution < 1.29 is 4.42 Å². The van der Waals surface area contributed by atoms with Crippen LogP contribution in [0.25, 0.3) is 85.9 Å². The second-order valence-corrected chi connectivity index (χ2v) is 14.7. The van der Waals surface area contributed by atoms with Crippen molar-refractivity contribution in [3.8, 4) is 22.3 Å². The van der Waals surface area contributed by atoms with Gasteiger partial charge < -0.3 is 9.32 Å². The van der Waals surface area contributed by atoms with Gasteiger partial charge in [0.2, 0.25) is 0 Å². The molecule has 0 unspecified atom stereocenters. The molecule has 3 heteroatoms. The predicted molar refractivity (Wildman–Crippen MR) is 227 cm³/mol. The van der Waals surface area contributed by atoms with Gasteiger partial charge in [0, 0.05) is 37.3 Å². The van der Waals surface area contributed by atoms with E-state index < -0.39 is 0 Å². The van der Waals surface area contributed by atoms with Gasteiger partial charge in [0.15, 0.2) is 0 Å². The summed E-state index contributed by atoms with van der Waals surface area (Å²) in [6.45, 7) is 0. The summed E-state index contributed by atoms with van der Waals surface area (Å²) in [5, 5.41) is 9.69. The predicted octanol–water partition coefficient (Wildman–Crippen LogP) is 15.1. The Labute approximate surface area is 310 Å². The van der Waals surface area contributed by atoms with Crippen LogP contribution in [0.2, 0.25) is 0 Å². The third-order valence-corrected chi connectivity index (χ3v) is 11.9. The van der Waals surface area contributed by atoms with Crippen LogP contribution in [0.5, 0.6) is 0 Å². The highest BCUT2D eigenvalue weighted by Crippen LogP contribution is 2.48. The average molecular weight is 694 g/mol. The Kier molecular flexibility index (Phi) is 6.76. The van der Waals surface area contributed by atoms with Crippen molar-refractivity contribution in [2.24, 2.45) is 0 Å². The van der Waals surface area contributed by atoms with E-state index in [2.05, 4.69) is 181 Å². The second-order valence-electron chi connectivity index (χ2n) is 13.7. The van der Waals surface area contributed by atoms with Gasteiger partial charge in [-0.15, -0.1) is 11.3 Å². The molecule has 0 bridgehead atoms. The maximum Gasteiger partial charge on any atom is 0.136 e. The van der Waals surface area contributed by atoms with Gasteiger partial charge in [0.1, 0.15) is 11.2 Å². The molecule has 9 aromatic carbocycles. The summed E-state index contributed by atoms with van der Waals surface area (Å²) in [7, 11) is 0. The number of anilines is 3. The zero-order valence-electron chi connectivity index (χ0n) is 28.7. The van der Waals surface area contributed by atoms with E-state index in [9.17, 15) is 0 Å². The molecule has 248 valence electrons. The molecule has 0 saturated carbocycles. The first kappa shape index (κ1) is 30.0. The van der Waals surface area contributed by atoms with Crippen LogP contribution in [-0.2, 0) is 0 Å². The molecule has 0 spiro atoms. The molecule has 0 radical (unpaired) electrons. The van der Waals surface area contributed by atoms with Crippen LogP contribution in [0.15, 0.2) is 192 Å².